The zero-order chi connectivity index (χ0) is 13.2. The minimum atomic E-state index is -0.265. The lowest BCUT2D eigenvalue weighted by Crippen LogP contribution is -2.31. The van der Waals surface area contributed by atoms with Crippen LogP contribution in [0.5, 0.6) is 0 Å². The van der Waals surface area contributed by atoms with Gasteiger partial charge in [0.05, 0.1) is 10.2 Å². The highest BCUT2D eigenvalue weighted by Gasteiger charge is 2.15. The van der Waals surface area contributed by atoms with Crippen molar-refractivity contribution in [2.75, 3.05) is 0 Å². The fourth-order valence-corrected chi connectivity index (χ4v) is 3.00. The summed E-state index contributed by atoms with van der Waals surface area (Å²) in [7, 11) is 0. The number of hydrazine groups is 1. The van der Waals surface area contributed by atoms with Crippen LogP contribution in [0.1, 0.15) is 16.1 Å². The summed E-state index contributed by atoms with van der Waals surface area (Å²) in [6, 6.07) is 14.0. The van der Waals surface area contributed by atoms with Gasteiger partial charge in [-0.2, -0.15) is 0 Å². The molecule has 0 saturated heterocycles. The molecular formula is C14H13N3OS. The standard InChI is InChI=1S/C14H13N3OS/c15-16-14(18)12-8-13-11(6-7-19-13)17(12)9-10-4-2-1-3-5-10/h1-8H,9,15H2,(H,16,18). The van der Waals surface area contributed by atoms with E-state index in [1.807, 2.05) is 52.4 Å². The third kappa shape index (κ3) is 2.14. The van der Waals surface area contributed by atoms with E-state index in [9.17, 15) is 4.79 Å². The van der Waals surface area contributed by atoms with E-state index in [2.05, 4.69) is 5.43 Å². The van der Waals surface area contributed by atoms with E-state index in [1.54, 1.807) is 11.3 Å². The van der Waals surface area contributed by atoms with Gasteiger partial charge in [-0.25, -0.2) is 5.84 Å². The maximum Gasteiger partial charge on any atom is 0.281 e. The Hall–Kier alpha value is -2.11. The normalized spacial score (nSPS) is 10.8. The van der Waals surface area contributed by atoms with E-state index in [0.717, 1.165) is 15.8 Å². The average molecular weight is 271 g/mol. The Morgan fingerprint density at radius 1 is 1.26 bits per heavy atom. The quantitative estimate of drug-likeness (QED) is 0.436. The fraction of sp³-hybridized carbons (Fsp3) is 0.0714. The SMILES string of the molecule is NNC(=O)c1cc2sccc2n1Cc1ccccc1. The van der Waals surface area contributed by atoms with Crippen molar-refractivity contribution in [3.05, 3.63) is 59.1 Å². The van der Waals surface area contributed by atoms with Gasteiger partial charge in [-0.05, 0) is 23.1 Å². The Labute approximate surface area is 114 Å². The Morgan fingerprint density at radius 2 is 2.05 bits per heavy atom. The highest BCUT2D eigenvalue weighted by molar-refractivity contribution is 7.17. The molecular weight excluding hydrogens is 258 g/mol. The summed E-state index contributed by atoms with van der Waals surface area (Å²) in [4.78, 5) is 11.8. The van der Waals surface area contributed by atoms with Gasteiger partial charge in [-0.15, -0.1) is 11.3 Å². The van der Waals surface area contributed by atoms with E-state index in [-0.39, 0.29) is 5.91 Å². The van der Waals surface area contributed by atoms with Crippen LogP contribution < -0.4 is 11.3 Å². The van der Waals surface area contributed by atoms with Crippen molar-refractivity contribution in [1.29, 1.82) is 0 Å². The molecule has 0 bridgehead atoms. The summed E-state index contributed by atoms with van der Waals surface area (Å²) in [6.45, 7) is 0.657. The molecule has 0 saturated carbocycles. The molecule has 1 amide bonds. The maximum atomic E-state index is 11.8. The van der Waals surface area contributed by atoms with Gasteiger partial charge in [0.15, 0.2) is 0 Å². The van der Waals surface area contributed by atoms with Crippen molar-refractivity contribution in [1.82, 2.24) is 9.99 Å². The van der Waals surface area contributed by atoms with Crippen molar-refractivity contribution in [2.24, 2.45) is 5.84 Å². The Morgan fingerprint density at radius 3 is 2.79 bits per heavy atom. The van der Waals surface area contributed by atoms with Gasteiger partial charge in [0.25, 0.3) is 5.91 Å². The number of hydrogen-bond donors (Lipinski definition) is 2. The number of nitrogens with one attached hydrogen (secondary N) is 1. The van der Waals surface area contributed by atoms with Crippen molar-refractivity contribution < 1.29 is 4.79 Å². The van der Waals surface area contributed by atoms with E-state index >= 15 is 0 Å². The molecule has 0 fully saturated rings. The molecule has 0 radical (unpaired) electrons. The van der Waals surface area contributed by atoms with E-state index in [4.69, 9.17) is 5.84 Å². The lowest BCUT2D eigenvalue weighted by Gasteiger charge is -2.09. The summed E-state index contributed by atoms with van der Waals surface area (Å²) in [5.74, 6) is 4.98. The largest absolute Gasteiger partial charge is 0.331 e. The van der Waals surface area contributed by atoms with Crippen molar-refractivity contribution in [2.45, 2.75) is 6.54 Å². The Balaban J connectivity index is 2.09. The minimum Gasteiger partial charge on any atom is -0.331 e. The van der Waals surface area contributed by atoms with Gasteiger partial charge in [0, 0.05) is 6.54 Å². The van der Waals surface area contributed by atoms with Gasteiger partial charge in [0.1, 0.15) is 5.69 Å². The molecule has 3 rings (SSSR count). The predicted molar refractivity (Wildman–Crippen MR) is 77.0 cm³/mol. The first kappa shape index (κ1) is 12.0. The molecule has 3 N–H and O–H groups in total. The van der Waals surface area contributed by atoms with Crippen LogP contribution in [0.2, 0.25) is 0 Å². The number of benzene rings is 1. The summed E-state index contributed by atoms with van der Waals surface area (Å²) < 4.78 is 3.08. The number of carbonyl (C=O) groups is 1. The first-order valence-electron chi connectivity index (χ1n) is 5.91. The van der Waals surface area contributed by atoms with Gasteiger partial charge < -0.3 is 4.57 Å². The maximum absolute atomic E-state index is 11.8. The molecule has 0 atom stereocenters. The average Bonchev–Trinajstić information content (AvgIpc) is 3.02. The molecule has 3 aromatic rings. The van der Waals surface area contributed by atoms with Gasteiger partial charge in [-0.3, -0.25) is 10.2 Å². The van der Waals surface area contributed by atoms with E-state index < -0.39 is 0 Å². The van der Waals surface area contributed by atoms with Crippen LogP contribution in [0.3, 0.4) is 0 Å². The van der Waals surface area contributed by atoms with Crippen LogP contribution in [0.4, 0.5) is 0 Å². The molecule has 0 aliphatic carbocycles. The summed E-state index contributed by atoms with van der Waals surface area (Å²) in [5, 5.41) is 2.02. The Kier molecular flexibility index (Phi) is 3.06. The van der Waals surface area contributed by atoms with Crippen LogP contribution in [-0.4, -0.2) is 10.5 Å². The molecule has 0 aliphatic heterocycles. The Bertz CT molecular complexity index is 715. The number of nitrogens with two attached hydrogens (primary N) is 1. The second kappa shape index (κ2) is 4.87. The highest BCUT2D eigenvalue weighted by atomic mass is 32.1. The van der Waals surface area contributed by atoms with Gasteiger partial charge >= 0.3 is 0 Å². The smallest absolute Gasteiger partial charge is 0.281 e. The second-order valence-corrected chi connectivity index (χ2v) is 5.19. The number of rotatable bonds is 3. The van der Waals surface area contributed by atoms with E-state index in [1.165, 1.54) is 0 Å². The second-order valence-electron chi connectivity index (χ2n) is 4.24. The third-order valence-corrected chi connectivity index (χ3v) is 3.92. The third-order valence-electron chi connectivity index (χ3n) is 3.07. The van der Waals surface area contributed by atoms with Crippen molar-refractivity contribution in [3.8, 4) is 0 Å². The van der Waals surface area contributed by atoms with Gasteiger partial charge in [0.2, 0.25) is 0 Å². The van der Waals surface area contributed by atoms with Crippen LogP contribution in [0, 0.1) is 0 Å². The molecule has 5 heteroatoms. The lowest BCUT2D eigenvalue weighted by molar-refractivity contribution is 0.0945. The van der Waals surface area contributed by atoms with E-state index in [0.29, 0.717) is 12.2 Å². The number of aromatic nitrogens is 1. The van der Waals surface area contributed by atoms with Crippen LogP contribution in [0.15, 0.2) is 47.8 Å². The monoisotopic (exact) mass is 271 g/mol. The number of hydrogen-bond acceptors (Lipinski definition) is 3. The number of carbonyl (C=O) groups excluding carboxylic acids is 1. The molecule has 0 unspecified atom stereocenters. The molecule has 4 nitrogen and oxygen atoms in total. The van der Waals surface area contributed by atoms with Crippen LogP contribution in [0.25, 0.3) is 10.2 Å². The van der Waals surface area contributed by atoms with Crippen LogP contribution >= 0.6 is 11.3 Å². The number of amides is 1. The number of nitrogen functional groups attached to an aromatic ring is 1. The molecule has 0 aliphatic rings. The molecule has 2 heterocycles. The van der Waals surface area contributed by atoms with Crippen LogP contribution in [-0.2, 0) is 6.54 Å². The number of fused-ring (bicyclic) bond motifs is 1. The van der Waals surface area contributed by atoms with Crippen molar-refractivity contribution in [3.63, 3.8) is 0 Å². The minimum absolute atomic E-state index is 0.265. The lowest BCUT2D eigenvalue weighted by atomic mass is 10.2. The molecule has 96 valence electrons. The summed E-state index contributed by atoms with van der Waals surface area (Å²) in [6.07, 6.45) is 0. The first-order valence-corrected chi connectivity index (χ1v) is 6.79. The first-order chi connectivity index (χ1) is 9.29. The summed E-state index contributed by atoms with van der Waals surface area (Å²) in [5.41, 5.74) is 5.01. The molecule has 2 aromatic heterocycles. The topological polar surface area (TPSA) is 60.0 Å². The van der Waals surface area contributed by atoms with Gasteiger partial charge in [-0.1, -0.05) is 30.3 Å². The molecule has 19 heavy (non-hydrogen) atoms. The zero-order valence-electron chi connectivity index (χ0n) is 10.2. The fourth-order valence-electron chi connectivity index (χ4n) is 2.18. The zero-order valence-corrected chi connectivity index (χ0v) is 11.0. The predicted octanol–water partition coefficient (Wildman–Crippen LogP) is 2.35. The highest BCUT2D eigenvalue weighted by Crippen LogP contribution is 2.26. The number of nitrogens with zero attached hydrogens (tertiary/aromatic N) is 1. The number of thiophene rings is 1. The summed E-state index contributed by atoms with van der Waals surface area (Å²) >= 11 is 1.62. The molecule has 1 aromatic carbocycles. The van der Waals surface area contributed by atoms with Crippen molar-refractivity contribution >= 4 is 27.5 Å². The molecule has 0 spiro atoms.